The Morgan fingerprint density at radius 1 is 1.00 bits per heavy atom. The van der Waals surface area contributed by atoms with Gasteiger partial charge in [0.05, 0.1) is 6.54 Å². The number of guanidine groups is 1. The Bertz CT molecular complexity index is 578. The maximum absolute atomic E-state index is 4.85. The molecule has 2 N–H and O–H groups in total. The first-order valence-electron chi connectivity index (χ1n) is 11.3. The summed E-state index contributed by atoms with van der Waals surface area (Å²) in [7, 11) is 0. The van der Waals surface area contributed by atoms with Crippen LogP contribution in [-0.2, 0) is 6.54 Å². The van der Waals surface area contributed by atoms with Gasteiger partial charge in [-0.1, -0.05) is 37.3 Å². The van der Waals surface area contributed by atoms with E-state index in [1.165, 1.54) is 44.3 Å². The van der Waals surface area contributed by atoms with Gasteiger partial charge in [0.1, 0.15) is 0 Å². The topological polar surface area (TPSA) is 42.9 Å². The van der Waals surface area contributed by atoms with Gasteiger partial charge in [-0.15, -0.1) is 24.0 Å². The van der Waals surface area contributed by atoms with Crippen molar-refractivity contribution < 1.29 is 0 Å². The summed E-state index contributed by atoms with van der Waals surface area (Å²) < 4.78 is 0. The standard InChI is InChI=1S/C23H39N5.HI/c1-3-24-23(25-13-18-27-14-9-20(2)10-15-27)26-22-11-16-28(17-12-22)19-21-7-5-4-6-8-21;/h4-8,20,22H,3,9-19H2,1-2H3,(H2,24,25,26);1H. The molecule has 2 saturated heterocycles. The number of nitrogens with one attached hydrogen (secondary N) is 2. The van der Waals surface area contributed by atoms with E-state index in [2.05, 4.69) is 64.6 Å². The number of hydrogen-bond donors (Lipinski definition) is 2. The Labute approximate surface area is 194 Å². The van der Waals surface area contributed by atoms with Crippen LogP contribution in [0.1, 0.15) is 45.1 Å². The second kappa shape index (κ2) is 13.4. The number of likely N-dealkylation sites (tertiary alicyclic amines) is 2. The van der Waals surface area contributed by atoms with Crippen molar-refractivity contribution in [2.45, 2.75) is 52.1 Å². The van der Waals surface area contributed by atoms with Crippen LogP contribution in [0.3, 0.4) is 0 Å². The summed E-state index contributed by atoms with van der Waals surface area (Å²) in [5.41, 5.74) is 1.41. The lowest BCUT2D eigenvalue weighted by molar-refractivity contribution is 0.196. The minimum absolute atomic E-state index is 0. The van der Waals surface area contributed by atoms with Gasteiger partial charge in [0, 0.05) is 38.8 Å². The fraction of sp³-hybridized carbons (Fsp3) is 0.696. The lowest BCUT2D eigenvalue weighted by atomic mass is 9.99. The molecule has 0 unspecified atom stereocenters. The molecule has 2 aliphatic rings. The molecule has 0 amide bonds. The van der Waals surface area contributed by atoms with Gasteiger partial charge in [0.25, 0.3) is 0 Å². The highest BCUT2D eigenvalue weighted by Crippen LogP contribution is 2.16. The van der Waals surface area contributed by atoms with Crippen molar-refractivity contribution in [2.75, 3.05) is 45.8 Å². The van der Waals surface area contributed by atoms with E-state index in [1.54, 1.807) is 0 Å². The van der Waals surface area contributed by atoms with Crippen LogP contribution in [0.2, 0.25) is 0 Å². The van der Waals surface area contributed by atoms with Crippen LogP contribution in [0.15, 0.2) is 35.3 Å². The van der Waals surface area contributed by atoms with Gasteiger partial charge < -0.3 is 15.5 Å². The molecule has 164 valence electrons. The molecule has 5 nitrogen and oxygen atoms in total. The van der Waals surface area contributed by atoms with Gasteiger partial charge in [-0.05, 0) is 57.2 Å². The zero-order valence-electron chi connectivity index (χ0n) is 18.3. The molecule has 0 radical (unpaired) electrons. The summed E-state index contributed by atoms with van der Waals surface area (Å²) in [6.45, 7) is 13.2. The zero-order chi connectivity index (χ0) is 19.6. The van der Waals surface area contributed by atoms with Crippen LogP contribution in [0.4, 0.5) is 0 Å². The molecular formula is C23H40IN5. The maximum atomic E-state index is 4.85. The van der Waals surface area contributed by atoms with Crippen LogP contribution in [0, 0.1) is 5.92 Å². The van der Waals surface area contributed by atoms with Gasteiger partial charge in [0.2, 0.25) is 0 Å². The third-order valence-corrected chi connectivity index (χ3v) is 6.08. The first kappa shape index (κ1) is 24.4. The summed E-state index contributed by atoms with van der Waals surface area (Å²) in [6, 6.07) is 11.3. The Kier molecular flexibility index (Phi) is 11.3. The maximum Gasteiger partial charge on any atom is 0.191 e. The summed E-state index contributed by atoms with van der Waals surface area (Å²) in [5.74, 6) is 1.89. The number of hydrogen-bond acceptors (Lipinski definition) is 3. The summed E-state index contributed by atoms with van der Waals surface area (Å²) in [4.78, 5) is 9.98. The minimum Gasteiger partial charge on any atom is -0.357 e. The Morgan fingerprint density at radius 2 is 1.66 bits per heavy atom. The van der Waals surface area contributed by atoms with Crippen LogP contribution in [-0.4, -0.2) is 67.6 Å². The highest BCUT2D eigenvalue weighted by molar-refractivity contribution is 14.0. The largest absolute Gasteiger partial charge is 0.357 e. The molecular weight excluding hydrogens is 473 g/mol. The van der Waals surface area contributed by atoms with E-state index in [0.29, 0.717) is 6.04 Å². The number of nitrogens with zero attached hydrogens (tertiary/aromatic N) is 3. The fourth-order valence-corrected chi connectivity index (χ4v) is 4.18. The monoisotopic (exact) mass is 513 g/mol. The van der Waals surface area contributed by atoms with Crippen molar-refractivity contribution in [1.29, 1.82) is 0 Å². The molecule has 0 saturated carbocycles. The number of aliphatic imine (C=N–C) groups is 1. The van der Waals surface area contributed by atoms with E-state index in [-0.39, 0.29) is 24.0 Å². The third-order valence-electron chi connectivity index (χ3n) is 6.08. The average Bonchev–Trinajstić information content (AvgIpc) is 2.72. The molecule has 0 aliphatic carbocycles. The lowest BCUT2D eigenvalue weighted by Gasteiger charge is -2.33. The van der Waals surface area contributed by atoms with Gasteiger partial charge in [-0.3, -0.25) is 9.89 Å². The van der Waals surface area contributed by atoms with Gasteiger partial charge in [-0.2, -0.15) is 0 Å². The molecule has 0 aromatic heterocycles. The van der Waals surface area contributed by atoms with Gasteiger partial charge in [-0.25, -0.2) is 0 Å². The van der Waals surface area contributed by atoms with Crippen LogP contribution < -0.4 is 10.6 Å². The molecule has 2 aliphatic heterocycles. The van der Waals surface area contributed by atoms with Gasteiger partial charge in [0.15, 0.2) is 5.96 Å². The second-order valence-electron chi connectivity index (χ2n) is 8.47. The second-order valence-corrected chi connectivity index (χ2v) is 8.47. The van der Waals surface area contributed by atoms with Crippen LogP contribution in [0.5, 0.6) is 0 Å². The Hall–Kier alpha value is -0.860. The van der Waals surface area contributed by atoms with Crippen molar-refractivity contribution >= 4 is 29.9 Å². The lowest BCUT2D eigenvalue weighted by Crippen LogP contribution is -2.48. The van der Waals surface area contributed by atoms with E-state index < -0.39 is 0 Å². The predicted molar refractivity (Wildman–Crippen MR) is 134 cm³/mol. The SMILES string of the molecule is CCNC(=NCCN1CCC(C)CC1)NC1CCN(Cc2ccccc2)CC1.I. The molecule has 6 heteroatoms. The highest BCUT2D eigenvalue weighted by atomic mass is 127. The first-order chi connectivity index (χ1) is 13.7. The van der Waals surface area contributed by atoms with E-state index in [9.17, 15) is 0 Å². The van der Waals surface area contributed by atoms with Crippen molar-refractivity contribution in [3.63, 3.8) is 0 Å². The normalized spacial score (nSPS) is 20.3. The molecule has 2 fully saturated rings. The van der Waals surface area contributed by atoms with Crippen LogP contribution >= 0.6 is 24.0 Å². The van der Waals surface area contributed by atoms with E-state index >= 15 is 0 Å². The molecule has 29 heavy (non-hydrogen) atoms. The van der Waals surface area contributed by atoms with Crippen molar-refractivity contribution in [3.8, 4) is 0 Å². The number of piperidine rings is 2. The molecule has 1 aromatic carbocycles. The van der Waals surface area contributed by atoms with E-state index in [4.69, 9.17) is 4.99 Å². The Morgan fingerprint density at radius 3 is 2.31 bits per heavy atom. The molecule has 2 heterocycles. The third kappa shape index (κ3) is 8.80. The molecule has 0 spiro atoms. The van der Waals surface area contributed by atoms with Crippen LogP contribution in [0.25, 0.3) is 0 Å². The molecule has 3 rings (SSSR count). The quantitative estimate of drug-likeness (QED) is 0.333. The predicted octanol–water partition coefficient (Wildman–Crippen LogP) is 3.56. The zero-order valence-corrected chi connectivity index (χ0v) is 20.6. The first-order valence-corrected chi connectivity index (χ1v) is 11.3. The number of halogens is 1. The van der Waals surface area contributed by atoms with Gasteiger partial charge >= 0.3 is 0 Å². The summed E-state index contributed by atoms with van der Waals surface area (Å²) in [5, 5.41) is 7.11. The van der Waals surface area contributed by atoms with Crippen molar-refractivity contribution in [3.05, 3.63) is 35.9 Å². The molecule has 0 bridgehead atoms. The number of benzene rings is 1. The van der Waals surface area contributed by atoms with E-state index in [1.807, 2.05) is 0 Å². The van der Waals surface area contributed by atoms with Crippen molar-refractivity contribution in [1.82, 2.24) is 20.4 Å². The van der Waals surface area contributed by atoms with E-state index in [0.717, 1.165) is 51.1 Å². The highest BCUT2D eigenvalue weighted by Gasteiger charge is 2.20. The summed E-state index contributed by atoms with van der Waals surface area (Å²) >= 11 is 0. The fourth-order valence-electron chi connectivity index (χ4n) is 4.18. The Balaban J connectivity index is 0.00000300. The summed E-state index contributed by atoms with van der Waals surface area (Å²) in [6.07, 6.45) is 5.04. The molecule has 1 aromatic rings. The number of rotatable bonds is 7. The van der Waals surface area contributed by atoms with Crippen molar-refractivity contribution in [2.24, 2.45) is 10.9 Å². The minimum atomic E-state index is 0. The smallest absolute Gasteiger partial charge is 0.191 e. The molecule has 0 atom stereocenters. The average molecular weight is 514 g/mol.